The van der Waals surface area contributed by atoms with Crippen LogP contribution in [0.1, 0.15) is 20.3 Å². The lowest BCUT2D eigenvalue weighted by molar-refractivity contribution is -0.202. The molecule has 0 radical (unpaired) electrons. The summed E-state index contributed by atoms with van der Waals surface area (Å²) in [7, 11) is 0. The highest BCUT2D eigenvalue weighted by Crippen LogP contribution is 2.75. The molecule has 0 aromatic carbocycles. The van der Waals surface area contributed by atoms with E-state index >= 15 is 0 Å². The van der Waals surface area contributed by atoms with E-state index in [4.69, 9.17) is 56.0 Å². The van der Waals surface area contributed by atoms with Crippen molar-refractivity contribution in [2.24, 2.45) is 23.7 Å². The maximum Gasteiger partial charge on any atom is 0.260 e. The summed E-state index contributed by atoms with van der Waals surface area (Å²) >= 11 is 26.5. The van der Waals surface area contributed by atoms with Gasteiger partial charge >= 0.3 is 0 Å². The first-order valence-corrected chi connectivity index (χ1v) is 9.78. The molecule has 2 aliphatic carbocycles. The van der Waals surface area contributed by atoms with Crippen LogP contribution in [-0.4, -0.2) is 44.9 Å². The molecule has 5 rings (SSSR count). The molecule has 3 aliphatic heterocycles. The second-order valence-electron chi connectivity index (χ2n) is 7.82. The van der Waals surface area contributed by atoms with E-state index in [1.54, 1.807) is 13.8 Å². The largest absolute Gasteiger partial charge is 0.373 e. The van der Waals surface area contributed by atoms with E-state index in [0.29, 0.717) is 16.5 Å². The van der Waals surface area contributed by atoms with Crippen molar-refractivity contribution in [1.82, 2.24) is 5.06 Å². The van der Waals surface area contributed by atoms with Gasteiger partial charge in [-0.05, 0) is 20.3 Å². The molecule has 9 heteroatoms. The Hall–Kier alpha value is -0.0400. The quantitative estimate of drug-likeness (QED) is 0.503. The number of nitrogens with zero attached hydrogens (tertiary/aromatic N) is 1. The highest BCUT2D eigenvalue weighted by atomic mass is 35.5. The second-order valence-corrected chi connectivity index (χ2v) is 9.93. The molecule has 5 aliphatic rings. The number of alkyl halides is 2. The zero-order valence-corrected chi connectivity index (χ0v) is 16.4. The summed E-state index contributed by atoms with van der Waals surface area (Å²) in [4.78, 5) is 29.2. The molecule has 3 heterocycles. The Balaban J connectivity index is 1.58. The molecule has 0 aromatic rings. The normalized spacial score (nSPS) is 52.8. The number of fused-ring (bicyclic) bond motifs is 12. The zero-order chi connectivity index (χ0) is 18.0. The van der Waals surface area contributed by atoms with Crippen LogP contribution in [0.2, 0.25) is 0 Å². The molecule has 0 unspecified atom stereocenters. The number of carbonyl (C=O) groups excluding carboxylic acids is 2. The lowest BCUT2D eigenvalue weighted by atomic mass is 9.65. The Morgan fingerprint density at radius 1 is 1.04 bits per heavy atom. The molecular formula is C16H15Cl4NO4. The number of allylic oxidation sites excluding steroid dienone is 2. The minimum absolute atomic E-state index is 0.247. The number of hydroxylamine groups is 2. The van der Waals surface area contributed by atoms with Crippen LogP contribution in [0.25, 0.3) is 0 Å². The number of carbonyl (C=O) groups is 2. The van der Waals surface area contributed by atoms with Crippen molar-refractivity contribution < 1.29 is 19.2 Å². The highest BCUT2D eigenvalue weighted by Gasteiger charge is 2.82. The first-order chi connectivity index (χ1) is 11.6. The van der Waals surface area contributed by atoms with E-state index in [1.807, 2.05) is 0 Å². The van der Waals surface area contributed by atoms with Crippen LogP contribution in [-0.2, 0) is 19.2 Å². The van der Waals surface area contributed by atoms with Crippen molar-refractivity contribution in [3.63, 3.8) is 0 Å². The van der Waals surface area contributed by atoms with E-state index in [-0.39, 0.29) is 29.8 Å². The Morgan fingerprint density at radius 3 is 1.88 bits per heavy atom. The molecule has 8 atom stereocenters. The van der Waals surface area contributed by atoms with E-state index in [9.17, 15) is 9.59 Å². The smallest absolute Gasteiger partial charge is 0.260 e. The Kier molecular flexibility index (Phi) is 3.32. The summed E-state index contributed by atoms with van der Waals surface area (Å²) in [6, 6.07) is 0. The summed E-state index contributed by atoms with van der Waals surface area (Å²) in [6.07, 6.45) is -0.909. The topological polar surface area (TPSA) is 55.8 Å². The molecular weight excluding hydrogens is 412 g/mol. The fourth-order valence-corrected chi connectivity index (χ4v) is 7.60. The number of imide groups is 1. The number of halogens is 4. The minimum Gasteiger partial charge on any atom is -0.373 e. The minimum atomic E-state index is -0.939. The van der Waals surface area contributed by atoms with Gasteiger partial charge in [0, 0.05) is 11.8 Å². The van der Waals surface area contributed by atoms with Crippen molar-refractivity contribution in [3.8, 4) is 0 Å². The van der Waals surface area contributed by atoms with Crippen LogP contribution >= 0.6 is 46.4 Å². The molecule has 4 fully saturated rings. The summed E-state index contributed by atoms with van der Waals surface area (Å²) < 4.78 is 6.07. The first kappa shape index (κ1) is 17.1. The third-order valence-corrected chi connectivity index (χ3v) is 8.78. The van der Waals surface area contributed by atoms with Gasteiger partial charge in [0.2, 0.25) is 0 Å². The Morgan fingerprint density at radius 2 is 1.48 bits per heavy atom. The second kappa shape index (κ2) is 4.86. The highest BCUT2D eigenvalue weighted by molar-refractivity contribution is 6.51. The van der Waals surface area contributed by atoms with E-state index in [0.717, 1.165) is 5.06 Å². The zero-order valence-electron chi connectivity index (χ0n) is 13.3. The Labute approximate surface area is 164 Å². The maximum absolute atomic E-state index is 12.8. The number of hydrogen-bond donors (Lipinski definition) is 0. The fraction of sp³-hybridized carbons (Fsp3) is 0.750. The number of amides is 2. The lowest BCUT2D eigenvalue weighted by Crippen LogP contribution is -2.50. The van der Waals surface area contributed by atoms with Crippen molar-refractivity contribution in [3.05, 3.63) is 10.1 Å². The van der Waals surface area contributed by atoms with Gasteiger partial charge in [0.15, 0.2) is 0 Å². The number of rotatable bonds is 2. The maximum atomic E-state index is 12.8. The molecule has 0 N–H and O–H groups in total. The average molecular weight is 427 g/mol. The van der Waals surface area contributed by atoms with Crippen LogP contribution in [0.5, 0.6) is 0 Å². The standard InChI is InChI=1S/C16H15Cl4NO4/c1-4(2)25-21-13(22)5-6(14(21)23)10-8-7(9(5)24-10)15(19)3-16(8,20)12(18)11(15)17/h4-10H,3H2,1-2H3/t5-,6+,7-,8-,9+,10+,15+,16+/m0/s1. The molecule has 3 saturated heterocycles. The molecule has 0 spiro atoms. The van der Waals surface area contributed by atoms with Crippen LogP contribution in [0.15, 0.2) is 10.1 Å². The molecule has 4 bridgehead atoms. The predicted octanol–water partition coefficient (Wildman–Crippen LogP) is 3.00. The van der Waals surface area contributed by atoms with Crippen LogP contribution in [0, 0.1) is 23.7 Å². The lowest BCUT2D eigenvalue weighted by Gasteiger charge is -2.40. The van der Waals surface area contributed by atoms with Gasteiger partial charge in [-0.15, -0.1) is 23.2 Å². The molecule has 1 saturated carbocycles. The Bertz CT molecular complexity index is 702. The molecule has 136 valence electrons. The van der Waals surface area contributed by atoms with Crippen molar-refractivity contribution in [1.29, 1.82) is 0 Å². The van der Waals surface area contributed by atoms with E-state index in [1.165, 1.54) is 0 Å². The number of hydrogen-bond acceptors (Lipinski definition) is 4. The van der Waals surface area contributed by atoms with Gasteiger partial charge in [-0.2, -0.15) is 5.06 Å². The van der Waals surface area contributed by atoms with Gasteiger partial charge in [-0.1, -0.05) is 23.2 Å². The molecule has 5 nitrogen and oxygen atoms in total. The van der Waals surface area contributed by atoms with Gasteiger partial charge in [-0.3, -0.25) is 14.4 Å². The molecule has 2 amide bonds. The third kappa shape index (κ3) is 1.72. The summed E-state index contributed by atoms with van der Waals surface area (Å²) in [5.74, 6) is -2.43. The molecule has 25 heavy (non-hydrogen) atoms. The van der Waals surface area contributed by atoms with Crippen LogP contribution in [0.4, 0.5) is 0 Å². The monoisotopic (exact) mass is 425 g/mol. The van der Waals surface area contributed by atoms with E-state index < -0.39 is 33.8 Å². The van der Waals surface area contributed by atoms with Gasteiger partial charge < -0.3 is 4.74 Å². The molecule has 0 aromatic heterocycles. The van der Waals surface area contributed by atoms with Crippen LogP contribution in [0.3, 0.4) is 0 Å². The first-order valence-electron chi connectivity index (χ1n) is 8.27. The van der Waals surface area contributed by atoms with Gasteiger partial charge in [-0.25, -0.2) is 0 Å². The van der Waals surface area contributed by atoms with Gasteiger partial charge in [0.25, 0.3) is 11.8 Å². The van der Waals surface area contributed by atoms with Crippen molar-refractivity contribution in [2.75, 3.05) is 0 Å². The summed E-state index contributed by atoms with van der Waals surface area (Å²) in [6.45, 7) is 3.53. The van der Waals surface area contributed by atoms with Crippen molar-refractivity contribution in [2.45, 2.75) is 48.3 Å². The average Bonchev–Trinajstić information content (AvgIpc) is 3.25. The summed E-state index contributed by atoms with van der Waals surface area (Å²) in [5.41, 5.74) is 0. The van der Waals surface area contributed by atoms with E-state index in [2.05, 4.69) is 0 Å². The SMILES string of the molecule is CC(C)ON1C(=O)[C@@H]2[C@H]3O[C@H]([C@@H]2C1=O)[C@@H]1[C@@H]3[C@]2(Cl)C[C@]1(Cl)C(Cl)=C2Cl. The number of ether oxygens (including phenoxy) is 1. The van der Waals surface area contributed by atoms with Crippen molar-refractivity contribution >= 4 is 58.2 Å². The van der Waals surface area contributed by atoms with Gasteiger partial charge in [0.1, 0.15) is 0 Å². The third-order valence-electron chi connectivity index (χ3n) is 6.28. The summed E-state index contributed by atoms with van der Waals surface area (Å²) in [5, 5.41) is 1.57. The van der Waals surface area contributed by atoms with Crippen LogP contribution < -0.4 is 0 Å². The predicted molar refractivity (Wildman–Crippen MR) is 91.2 cm³/mol. The van der Waals surface area contributed by atoms with Gasteiger partial charge in [0.05, 0.1) is 50.0 Å². The fourth-order valence-electron chi connectivity index (χ4n) is 5.58.